The molecule has 1 aromatic carbocycles. The van der Waals surface area contributed by atoms with Gasteiger partial charge in [-0.2, -0.15) is 0 Å². The number of likely N-dealkylation sites (N-methyl/N-ethyl adjacent to an activating group) is 1. The third-order valence-corrected chi connectivity index (χ3v) is 4.65. The monoisotopic (exact) mass is 476 g/mol. The number of nitrogens with one attached hydrogen (secondary N) is 2. The fourth-order valence-electron chi connectivity index (χ4n) is 2.98. The second-order valence-electron chi connectivity index (χ2n) is 6.95. The number of benzene rings is 1. The number of rotatable bonds is 5. The molecule has 7 heteroatoms. The van der Waals surface area contributed by atoms with Crippen molar-refractivity contribution in [1.29, 1.82) is 0 Å². The first-order chi connectivity index (χ1) is 12.0. The number of aliphatic imine (C=N–C) groups is 1. The molecule has 0 aromatic heterocycles. The van der Waals surface area contributed by atoms with Crippen molar-refractivity contribution in [2.45, 2.75) is 45.2 Å². The smallest absolute Gasteiger partial charge is 0.241 e. The molecular formula is C19H30FIN4O. The summed E-state index contributed by atoms with van der Waals surface area (Å²) in [6.45, 7) is 2.79. The fourth-order valence-corrected chi connectivity index (χ4v) is 2.98. The summed E-state index contributed by atoms with van der Waals surface area (Å²) < 4.78 is 13.3. The Morgan fingerprint density at radius 3 is 2.69 bits per heavy atom. The van der Waals surface area contributed by atoms with E-state index < -0.39 is 0 Å². The summed E-state index contributed by atoms with van der Waals surface area (Å²) in [5, 5.41) is 6.57. The maximum atomic E-state index is 13.3. The maximum absolute atomic E-state index is 13.3. The Hall–Kier alpha value is -1.38. The summed E-state index contributed by atoms with van der Waals surface area (Å²) >= 11 is 0. The van der Waals surface area contributed by atoms with Gasteiger partial charge in [0, 0.05) is 20.1 Å². The number of guanidine groups is 1. The van der Waals surface area contributed by atoms with Crippen molar-refractivity contribution in [2.75, 3.05) is 20.6 Å². The van der Waals surface area contributed by atoms with E-state index >= 15 is 0 Å². The summed E-state index contributed by atoms with van der Waals surface area (Å²) in [6.07, 6.45) is 4.77. The van der Waals surface area contributed by atoms with Gasteiger partial charge < -0.3 is 15.5 Å². The second kappa shape index (κ2) is 11.4. The summed E-state index contributed by atoms with van der Waals surface area (Å²) in [7, 11) is 3.45. The van der Waals surface area contributed by atoms with Crippen molar-refractivity contribution in [1.82, 2.24) is 15.5 Å². The summed E-state index contributed by atoms with van der Waals surface area (Å²) in [6, 6.07) is 6.78. The van der Waals surface area contributed by atoms with E-state index in [4.69, 9.17) is 0 Å². The molecule has 0 heterocycles. The zero-order chi connectivity index (χ0) is 18.2. The van der Waals surface area contributed by atoms with Gasteiger partial charge in [0.05, 0.1) is 13.1 Å². The molecule has 26 heavy (non-hydrogen) atoms. The average Bonchev–Trinajstić information content (AvgIpc) is 2.58. The van der Waals surface area contributed by atoms with E-state index in [2.05, 4.69) is 22.5 Å². The third kappa shape index (κ3) is 7.47. The van der Waals surface area contributed by atoms with Gasteiger partial charge in [0.1, 0.15) is 5.82 Å². The Labute approximate surface area is 172 Å². The molecule has 2 N–H and O–H groups in total. The van der Waals surface area contributed by atoms with Crippen LogP contribution in [0.2, 0.25) is 0 Å². The Balaban J connectivity index is 0.00000338. The third-order valence-electron chi connectivity index (χ3n) is 4.65. The van der Waals surface area contributed by atoms with Crippen LogP contribution in [0.25, 0.3) is 0 Å². The predicted octanol–water partition coefficient (Wildman–Crippen LogP) is 3.15. The number of hydrogen-bond donors (Lipinski definition) is 2. The van der Waals surface area contributed by atoms with Crippen LogP contribution in [-0.4, -0.2) is 43.4 Å². The van der Waals surface area contributed by atoms with Crippen LogP contribution in [0.1, 0.15) is 38.2 Å². The van der Waals surface area contributed by atoms with E-state index in [1.54, 1.807) is 25.1 Å². The van der Waals surface area contributed by atoms with Crippen LogP contribution in [0.5, 0.6) is 0 Å². The normalized spacial score (nSPS) is 20.1. The molecule has 1 saturated carbocycles. The van der Waals surface area contributed by atoms with Gasteiger partial charge in [-0.1, -0.05) is 31.9 Å². The predicted molar refractivity (Wildman–Crippen MR) is 114 cm³/mol. The highest BCUT2D eigenvalue weighted by Gasteiger charge is 2.22. The minimum absolute atomic E-state index is 0. The van der Waals surface area contributed by atoms with Gasteiger partial charge in [-0.3, -0.25) is 4.79 Å². The SMILES string of the molecule is CC1CCCCC1NC(=NCc1cccc(F)c1)NCC(=O)N(C)C.I. The summed E-state index contributed by atoms with van der Waals surface area (Å²) in [5.41, 5.74) is 0.803. The number of halogens is 2. The molecule has 2 unspecified atom stereocenters. The van der Waals surface area contributed by atoms with Crippen molar-refractivity contribution >= 4 is 35.8 Å². The first kappa shape index (κ1) is 22.7. The van der Waals surface area contributed by atoms with Gasteiger partial charge in [0.15, 0.2) is 5.96 Å². The van der Waals surface area contributed by atoms with Gasteiger partial charge in [0.2, 0.25) is 5.91 Å². The number of hydrogen-bond acceptors (Lipinski definition) is 2. The van der Waals surface area contributed by atoms with E-state index in [1.165, 1.54) is 31.4 Å². The minimum Gasteiger partial charge on any atom is -0.353 e. The van der Waals surface area contributed by atoms with Crippen molar-refractivity contribution < 1.29 is 9.18 Å². The molecule has 2 rings (SSSR count). The van der Waals surface area contributed by atoms with Crippen LogP contribution in [0.15, 0.2) is 29.3 Å². The van der Waals surface area contributed by atoms with Gasteiger partial charge in [-0.05, 0) is 36.5 Å². The Bertz CT molecular complexity index is 609. The number of carbonyl (C=O) groups excluding carboxylic acids is 1. The van der Waals surface area contributed by atoms with E-state index in [9.17, 15) is 9.18 Å². The lowest BCUT2D eigenvalue weighted by Gasteiger charge is -2.31. The van der Waals surface area contributed by atoms with Gasteiger partial charge in [-0.15, -0.1) is 24.0 Å². The van der Waals surface area contributed by atoms with E-state index in [1.807, 2.05) is 6.07 Å². The lowest BCUT2D eigenvalue weighted by molar-refractivity contribution is -0.127. The standard InChI is InChI=1S/C19H29FN4O.HI/c1-14-7-4-5-10-17(14)23-19(22-13-18(25)24(2)3)21-12-15-8-6-9-16(20)11-15;/h6,8-9,11,14,17H,4-5,7,10,12-13H2,1-3H3,(H2,21,22,23);1H. The van der Waals surface area contributed by atoms with Crippen LogP contribution in [-0.2, 0) is 11.3 Å². The molecule has 5 nitrogen and oxygen atoms in total. The Morgan fingerprint density at radius 1 is 1.31 bits per heavy atom. The largest absolute Gasteiger partial charge is 0.353 e. The maximum Gasteiger partial charge on any atom is 0.241 e. The first-order valence-electron chi connectivity index (χ1n) is 8.95. The Morgan fingerprint density at radius 2 is 2.04 bits per heavy atom. The topological polar surface area (TPSA) is 56.7 Å². The molecule has 146 valence electrons. The van der Waals surface area contributed by atoms with Crippen molar-refractivity contribution in [3.63, 3.8) is 0 Å². The molecule has 1 aliphatic rings. The molecule has 1 aromatic rings. The summed E-state index contributed by atoms with van der Waals surface area (Å²) in [5.74, 6) is 0.897. The number of carbonyl (C=O) groups is 1. The van der Waals surface area contributed by atoms with Gasteiger partial charge >= 0.3 is 0 Å². The molecule has 0 bridgehead atoms. The molecule has 1 aliphatic carbocycles. The summed E-state index contributed by atoms with van der Waals surface area (Å²) in [4.78, 5) is 17.9. The van der Waals surface area contributed by atoms with Crippen molar-refractivity contribution in [2.24, 2.45) is 10.9 Å². The highest BCUT2D eigenvalue weighted by molar-refractivity contribution is 14.0. The molecule has 0 radical (unpaired) electrons. The highest BCUT2D eigenvalue weighted by Crippen LogP contribution is 2.23. The average molecular weight is 476 g/mol. The number of nitrogens with zero attached hydrogens (tertiary/aromatic N) is 2. The quantitative estimate of drug-likeness (QED) is 0.390. The fraction of sp³-hybridized carbons (Fsp3) is 0.579. The molecule has 2 atom stereocenters. The van der Waals surface area contributed by atoms with Crippen LogP contribution in [0.4, 0.5) is 4.39 Å². The van der Waals surface area contributed by atoms with Crippen LogP contribution >= 0.6 is 24.0 Å². The van der Waals surface area contributed by atoms with Crippen molar-refractivity contribution in [3.8, 4) is 0 Å². The van der Waals surface area contributed by atoms with Gasteiger partial charge in [0.25, 0.3) is 0 Å². The molecule has 0 saturated heterocycles. The lowest BCUT2D eigenvalue weighted by Crippen LogP contribution is -2.49. The first-order valence-corrected chi connectivity index (χ1v) is 8.95. The number of amides is 1. The Kier molecular flexibility index (Phi) is 9.90. The second-order valence-corrected chi connectivity index (χ2v) is 6.95. The molecule has 0 spiro atoms. The zero-order valence-electron chi connectivity index (χ0n) is 15.8. The molecule has 0 aliphatic heterocycles. The highest BCUT2D eigenvalue weighted by atomic mass is 127. The zero-order valence-corrected chi connectivity index (χ0v) is 18.1. The van der Waals surface area contributed by atoms with E-state index in [0.717, 1.165) is 12.0 Å². The minimum atomic E-state index is -0.265. The molecule has 1 amide bonds. The van der Waals surface area contributed by atoms with E-state index in [0.29, 0.717) is 24.5 Å². The molecule has 1 fully saturated rings. The van der Waals surface area contributed by atoms with Crippen molar-refractivity contribution in [3.05, 3.63) is 35.6 Å². The lowest BCUT2D eigenvalue weighted by atomic mass is 9.86. The molecular weight excluding hydrogens is 446 g/mol. The van der Waals surface area contributed by atoms with Crippen LogP contribution < -0.4 is 10.6 Å². The van der Waals surface area contributed by atoms with Crippen LogP contribution in [0.3, 0.4) is 0 Å². The van der Waals surface area contributed by atoms with E-state index in [-0.39, 0.29) is 42.2 Å². The van der Waals surface area contributed by atoms with Crippen LogP contribution in [0, 0.1) is 11.7 Å². The van der Waals surface area contributed by atoms with Gasteiger partial charge in [-0.25, -0.2) is 9.38 Å².